The first kappa shape index (κ1) is 20.9. The summed E-state index contributed by atoms with van der Waals surface area (Å²) in [4.78, 5) is 19.1. The van der Waals surface area contributed by atoms with E-state index in [1.54, 1.807) is 7.11 Å². The zero-order valence-electron chi connectivity index (χ0n) is 17.2. The van der Waals surface area contributed by atoms with E-state index in [9.17, 15) is 13.2 Å². The predicted octanol–water partition coefficient (Wildman–Crippen LogP) is 3.16. The van der Waals surface area contributed by atoms with Gasteiger partial charge in [-0.15, -0.1) is 0 Å². The number of methoxy groups -OCH3 is 1. The Labute approximate surface area is 181 Å². The minimum Gasteiger partial charge on any atom is -0.496 e. The zero-order valence-corrected chi connectivity index (χ0v) is 18.8. The van der Waals surface area contributed by atoms with Crippen LogP contribution in [-0.2, 0) is 21.1 Å². The highest BCUT2D eigenvalue weighted by Crippen LogP contribution is 2.41. The summed E-state index contributed by atoms with van der Waals surface area (Å²) >= 11 is 1.39. The predicted molar refractivity (Wildman–Crippen MR) is 121 cm³/mol. The second-order valence-electron chi connectivity index (χ2n) is 7.72. The van der Waals surface area contributed by atoms with Gasteiger partial charge in [-0.1, -0.05) is 36.0 Å². The number of amides is 1. The second-order valence-corrected chi connectivity index (χ2v) is 11.1. The molecule has 2 fully saturated rings. The first-order valence-corrected chi connectivity index (χ1v) is 12.4. The molecular weight excluding hydrogens is 420 g/mol. The number of amidine groups is 1. The van der Waals surface area contributed by atoms with E-state index >= 15 is 0 Å². The van der Waals surface area contributed by atoms with Crippen molar-refractivity contribution in [1.82, 2.24) is 0 Å². The van der Waals surface area contributed by atoms with Crippen LogP contribution in [0.5, 0.6) is 5.75 Å². The maximum Gasteiger partial charge on any atom is 0.252 e. The second kappa shape index (κ2) is 8.07. The van der Waals surface area contributed by atoms with Crippen molar-refractivity contribution in [3.63, 3.8) is 0 Å². The van der Waals surface area contributed by atoms with Gasteiger partial charge in [-0.25, -0.2) is 8.42 Å². The third-order valence-electron chi connectivity index (χ3n) is 5.59. The molecular formula is C22H24N2O4S2. The quantitative estimate of drug-likeness (QED) is 0.721. The number of carbonyl (C=O) groups excluding carboxylic acids is 1. The van der Waals surface area contributed by atoms with E-state index in [2.05, 4.69) is 4.99 Å². The monoisotopic (exact) mass is 444 g/mol. The summed E-state index contributed by atoms with van der Waals surface area (Å²) in [5.74, 6) is 0.568. The Morgan fingerprint density at radius 1 is 1.17 bits per heavy atom. The molecule has 2 aliphatic rings. The number of hydrogen-bond donors (Lipinski definition) is 0. The van der Waals surface area contributed by atoms with Gasteiger partial charge in [0.1, 0.15) is 5.75 Å². The van der Waals surface area contributed by atoms with E-state index in [0.29, 0.717) is 10.9 Å². The minimum atomic E-state index is -3.09. The van der Waals surface area contributed by atoms with Gasteiger partial charge in [0, 0.05) is 16.5 Å². The molecule has 2 unspecified atom stereocenters. The highest BCUT2D eigenvalue weighted by Gasteiger charge is 2.49. The fourth-order valence-electron chi connectivity index (χ4n) is 3.90. The number of hydrogen-bond acceptors (Lipinski definition) is 5. The van der Waals surface area contributed by atoms with Gasteiger partial charge in [0.25, 0.3) is 5.91 Å². The van der Waals surface area contributed by atoms with E-state index in [1.807, 2.05) is 61.2 Å². The smallest absolute Gasteiger partial charge is 0.252 e. The van der Waals surface area contributed by atoms with Crippen LogP contribution in [0.4, 0.5) is 5.69 Å². The molecule has 0 radical (unpaired) electrons. The molecule has 2 heterocycles. The number of para-hydroxylation sites is 1. The standard InChI is InChI=1S/C22H24N2O4S2/c1-14-8-9-17(10-15(14)2)24-18-12-30(26,27)13-20(18)29-22(24)23-21(25)11-16-6-4-5-7-19(16)28-3/h4-10,18,20H,11-13H2,1-3H3. The van der Waals surface area contributed by atoms with E-state index in [-0.39, 0.29) is 35.1 Å². The SMILES string of the molecule is COc1ccccc1CC(=O)N=C1SC2CS(=O)(=O)CC2N1c1ccc(C)c(C)c1. The summed E-state index contributed by atoms with van der Waals surface area (Å²) < 4.78 is 29.8. The number of thioether (sulfide) groups is 1. The summed E-state index contributed by atoms with van der Waals surface area (Å²) in [5.41, 5.74) is 3.92. The van der Waals surface area contributed by atoms with Gasteiger partial charge >= 0.3 is 0 Å². The lowest BCUT2D eigenvalue weighted by atomic mass is 10.1. The third-order valence-corrected chi connectivity index (χ3v) is 8.80. The largest absolute Gasteiger partial charge is 0.496 e. The summed E-state index contributed by atoms with van der Waals surface area (Å²) in [7, 11) is -1.52. The lowest BCUT2D eigenvalue weighted by Gasteiger charge is -2.25. The van der Waals surface area contributed by atoms with Crippen LogP contribution in [0.3, 0.4) is 0 Å². The van der Waals surface area contributed by atoms with Crippen molar-refractivity contribution in [2.45, 2.75) is 31.6 Å². The number of sulfone groups is 1. The molecule has 0 N–H and O–H groups in total. The molecule has 158 valence electrons. The molecule has 30 heavy (non-hydrogen) atoms. The van der Waals surface area contributed by atoms with Gasteiger partial charge in [0.2, 0.25) is 0 Å². The van der Waals surface area contributed by atoms with Crippen LogP contribution >= 0.6 is 11.8 Å². The number of rotatable bonds is 4. The number of benzene rings is 2. The summed E-state index contributed by atoms with van der Waals surface area (Å²) in [6.45, 7) is 4.06. The summed E-state index contributed by atoms with van der Waals surface area (Å²) in [5, 5.41) is 0.456. The number of ether oxygens (including phenoxy) is 1. The number of aryl methyl sites for hydroxylation is 2. The molecule has 4 rings (SSSR count). The number of nitrogens with zero attached hydrogens (tertiary/aromatic N) is 2. The first-order valence-electron chi connectivity index (χ1n) is 9.74. The molecule has 0 spiro atoms. The Balaban J connectivity index is 1.66. The van der Waals surface area contributed by atoms with Gasteiger partial charge in [-0.2, -0.15) is 4.99 Å². The Bertz CT molecular complexity index is 1130. The molecule has 2 aromatic rings. The van der Waals surface area contributed by atoms with E-state index in [0.717, 1.165) is 22.4 Å². The molecule has 2 aromatic carbocycles. The average Bonchev–Trinajstić information content (AvgIpc) is 3.15. The van der Waals surface area contributed by atoms with Crippen molar-refractivity contribution in [2.75, 3.05) is 23.5 Å². The number of aliphatic imine (C=N–C) groups is 1. The molecule has 6 nitrogen and oxygen atoms in total. The lowest BCUT2D eigenvalue weighted by Crippen LogP contribution is -2.37. The van der Waals surface area contributed by atoms with Crippen molar-refractivity contribution in [3.05, 3.63) is 59.2 Å². The van der Waals surface area contributed by atoms with E-state index in [4.69, 9.17) is 4.74 Å². The van der Waals surface area contributed by atoms with E-state index in [1.165, 1.54) is 11.8 Å². The molecule has 2 atom stereocenters. The van der Waals surface area contributed by atoms with Crippen LogP contribution in [0.1, 0.15) is 16.7 Å². The van der Waals surface area contributed by atoms with Gasteiger partial charge in [0.15, 0.2) is 15.0 Å². The van der Waals surface area contributed by atoms with Gasteiger partial charge < -0.3 is 9.64 Å². The van der Waals surface area contributed by atoms with Crippen LogP contribution in [0.2, 0.25) is 0 Å². The average molecular weight is 445 g/mol. The number of anilines is 1. The molecule has 0 aromatic heterocycles. The molecule has 8 heteroatoms. The maximum absolute atomic E-state index is 12.8. The zero-order chi connectivity index (χ0) is 21.5. The minimum absolute atomic E-state index is 0.0807. The van der Waals surface area contributed by atoms with Crippen LogP contribution < -0.4 is 9.64 Å². The van der Waals surface area contributed by atoms with Gasteiger partial charge in [-0.3, -0.25) is 4.79 Å². The topological polar surface area (TPSA) is 76.0 Å². The molecule has 0 bridgehead atoms. The van der Waals surface area contributed by atoms with Crippen molar-refractivity contribution >= 4 is 38.4 Å². The highest BCUT2D eigenvalue weighted by atomic mass is 32.2. The molecule has 2 aliphatic heterocycles. The Hall–Kier alpha value is -2.32. The van der Waals surface area contributed by atoms with Crippen molar-refractivity contribution in [1.29, 1.82) is 0 Å². The molecule has 0 saturated carbocycles. The van der Waals surface area contributed by atoms with Crippen LogP contribution in [0.15, 0.2) is 47.5 Å². The van der Waals surface area contributed by atoms with E-state index < -0.39 is 9.84 Å². The Morgan fingerprint density at radius 2 is 1.93 bits per heavy atom. The maximum atomic E-state index is 12.8. The van der Waals surface area contributed by atoms with Crippen molar-refractivity contribution in [3.8, 4) is 5.75 Å². The van der Waals surface area contributed by atoms with Crippen LogP contribution in [-0.4, -0.2) is 49.4 Å². The van der Waals surface area contributed by atoms with Crippen molar-refractivity contribution < 1.29 is 17.9 Å². The van der Waals surface area contributed by atoms with Crippen LogP contribution in [0, 0.1) is 13.8 Å². The Morgan fingerprint density at radius 3 is 2.67 bits per heavy atom. The lowest BCUT2D eigenvalue weighted by molar-refractivity contribution is -0.117. The first-order chi connectivity index (χ1) is 14.3. The molecule has 0 aliphatic carbocycles. The molecule has 2 saturated heterocycles. The number of carbonyl (C=O) groups is 1. The van der Waals surface area contributed by atoms with Gasteiger partial charge in [-0.05, 0) is 43.2 Å². The Kier molecular flexibility index (Phi) is 5.63. The van der Waals surface area contributed by atoms with Crippen LogP contribution in [0.25, 0.3) is 0 Å². The fraction of sp³-hybridized carbons (Fsp3) is 0.364. The normalized spacial score (nSPS) is 23.6. The van der Waals surface area contributed by atoms with Gasteiger partial charge in [0.05, 0.1) is 31.1 Å². The molecule has 1 amide bonds. The summed E-state index contributed by atoms with van der Waals surface area (Å²) in [6.07, 6.45) is 0.127. The third kappa shape index (κ3) is 4.11. The highest BCUT2D eigenvalue weighted by molar-refractivity contribution is 8.16. The van der Waals surface area contributed by atoms with Crippen molar-refractivity contribution in [2.24, 2.45) is 4.99 Å². The summed E-state index contributed by atoms with van der Waals surface area (Å²) in [6, 6.07) is 13.2. The fourth-order valence-corrected chi connectivity index (χ4v) is 7.83. The number of fused-ring (bicyclic) bond motifs is 1.